The molecule has 104 valence electrons. The van der Waals surface area contributed by atoms with Gasteiger partial charge in [0.1, 0.15) is 0 Å². The van der Waals surface area contributed by atoms with Gasteiger partial charge < -0.3 is 5.32 Å². The molecular formula is C15H29N3. The molecule has 1 heterocycles. The molecule has 18 heavy (non-hydrogen) atoms. The zero-order valence-corrected chi connectivity index (χ0v) is 11.9. The van der Waals surface area contributed by atoms with Crippen molar-refractivity contribution in [3.63, 3.8) is 0 Å². The van der Waals surface area contributed by atoms with Crippen molar-refractivity contribution in [2.45, 2.75) is 63.1 Å². The van der Waals surface area contributed by atoms with Crippen molar-refractivity contribution in [2.24, 2.45) is 0 Å². The van der Waals surface area contributed by atoms with Crippen LogP contribution in [0.15, 0.2) is 0 Å². The Morgan fingerprint density at radius 2 is 1.39 bits per heavy atom. The second-order valence-corrected chi connectivity index (χ2v) is 6.46. The highest BCUT2D eigenvalue weighted by atomic mass is 15.3. The number of nitrogens with zero attached hydrogens (tertiary/aromatic N) is 2. The first-order chi connectivity index (χ1) is 8.86. The van der Waals surface area contributed by atoms with Crippen LogP contribution in [0.5, 0.6) is 0 Å². The maximum atomic E-state index is 3.45. The topological polar surface area (TPSA) is 18.5 Å². The fourth-order valence-electron chi connectivity index (χ4n) is 4.29. The number of rotatable bonds is 3. The molecule has 2 aliphatic carbocycles. The highest BCUT2D eigenvalue weighted by Crippen LogP contribution is 2.28. The van der Waals surface area contributed by atoms with Crippen molar-refractivity contribution in [1.82, 2.24) is 15.1 Å². The first kappa shape index (κ1) is 12.9. The molecule has 0 spiro atoms. The highest BCUT2D eigenvalue weighted by Gasteiger charge is 2.32. The molecule has 0 aromatic rings. The van der Waals surface area contributed by atoms with Gasteiger partial charge >= 0.3 is 0 Å². The van der Waals surface area contributed by atoms with Crippen LogP contribution >= 0.6 is 0 Å². The second kappa shape index (κ2) is 5.89. The van der Waals surface area contributed by atoms with Gasteiger partial charge in [-0.25, -0.2) is 0 Å². The largest absolute Gasteiger partial charge is 0.317 e. The minimum absolute atomic E-state index is 0.780. The summed E-state index contributed by atoms with van der Waals surface area (Å²) in [5, 5.41) is 3.45. The van der Waals surface area contributed by atoms with Gasteiger partial charge in [0.05, 0.1) is 0 Å². The summed E-state index contributed by atoms with van der Waals surface area (Å²) in [6.45, 7) is 5.28. The molecule has 0 unspecified atom stereocenters. The van der Waals surface area contributed by atoms with Crippen LogP contribution in [0.2, 0.25) is 0 Å². The summed E-state index contributed by atoms with van der Waals surface area (Å²) in [5.41, 5.74) is 0. The van der Waals surface area contributed by atoms with E-state index in [0.717, 1.165) is 18.1 Å². The molecule has 3 rings (SSSR count). The first-order valence-corrected chi connectivity index (χ1v) is 8.02. The van der Waals surface area contributed by atoms with Crippen LogP contribution in [0, 0.1) is 0 Å². The quantitative estimate of drug-likeness (QED) is 0.823. The molecule has 0 amide bonds. The Kier molecular flexibility index (Phi) is 4.22. The van der Waals surface area contributed by atoms with Crippen LogP contribution in [-0.2, 0) is 0 Å². The predicted octanol–water partition coefficient (Wildman–Crippen LogP) is 1.69. The summed E-state index contributed by atoms with van der Waals surface area (Å²) in [4.78, 5) is 5.54. The lowest BCUT2D eigenvalue weighted by Crippen LogP contribution is -2.52. The third-order valence-corrected chi connectivity index (χ3v) is 5.52. The van der Waals surface area contributed by atoms with Gasteiger partial charge in [-0.1, -0.05) is 12.8 Å². The van der Waals surface area contributed by atoms with Crippen molar-refractivity contribution in [2.75, 3.05) is 33.2 Å². The Morgan fingerprint density at radius 1 is 0.778 bits per heavy atom. The lowest BCUT2D eigenvalue weighted by Gasteiger charge is -2.40. The number of nitrogens with one attached hydrogen (secondary N) is 1. The van der Waals surface area contributed by atoms with Gasteiger partial charge in [-0.3, -0.25) is 9.80 Å². The first-order valence-electron chi connectivity index (χ1n) is 8.02. The van der Waals surface area contributed by atoms with Gasteiger partial charge in [-0.15, -0.1) is 0 Å². The summed E-state index contributed by atoms with van der Waals surface area (Å²) in [6, 6.07) is 2.58. The van der Waals surface area contributed by atoms with Crippen molar-refractivity contribution in [3.05, 3.63) is 0 Å². The maximum Gasteiger partial charge on any atom is 0.0113 e. The lowest BCUT2D eigenvalue weighted by molar-refractivity contribution is 0.0714. The van der Waals surface area contributed by atoms with E-state index < -0.39 is 0 Å². The average Bonchev–Trinajstić information content (AvgIpc) is 3.10. The van der Waals surface area contributed by atoms with Crippen LogP contribution < -0.4 is 5.32 Å². The van der Waals surface area contributed by atoms with Crippen LogP contribution in [0.4, 0.5) is 0 Å². The third kappa shape index (κ3) is 2.73. The zero-order chi connectivity index (χ0) is 12.4. The van der Waals surface area contributed by atoms with E-state index in [1.165, 1.54) is 71.1 Å². The van der Waals surface area contributed by atoms with E-state index in [2.05, 4.69) is 22.2 Å². The number of hydrogen-bond acceptors (Lipinski definition) is 3. The minimum Gasteiger partial charge on any atom is -0.317 e. The second-order valence-electron chi connectivity index (χ2n) is 6.46. The molecule has 0 radical (unpaired) electrons. The average molecular weight is 251 g/mol. The Morgan fingerprint density at radius 3 is 1.94 bits per heavy atom. The predicted molar refractivity (Wildman–Crippen MR) is 75.9 cm³/mol. The minimum atomic E-state index is 0.780. The van der Waals surface area contributed by atoms with E-state index in [1.54, 1.807) is 0 Å². The number of piperazine rings is 1. The molecule has 2 atom stereocenters. The van der Waals surface area contributed by atoms with E-state index >= 15 is 0 Å². The van der Waals surface area contributed by atoms with E-state index in [4.69, 9.17) is 0 Å². The fourth-order valence-corrected chi connectivity index (χ4v) is 4.29. The summed E-state index contributed by atoms with van der Waals surface area (Å²) in [7, 11) is 2.12. The molecule has 3 aliphatic rings. The van der Waals surface area contributed by atoms with Crippen molar-refractivity contribution >= 4 is 0 Å². The van der Waals surface area contributed by atoms with E-state index in [1.807, 2.05) is 0 Å². The molecule has 0 bridgehead atoms. The van der Waals surface area contributed by atoms with Gasteiger partial charge in [0, 0.05) is 44.3 Å². The SMILES string of the molecule is CN[C@@H]1CC[C@H](N2CCN(C3CCCC3)CC2)C1. The molecule has 3 fully saturated rings. The fraction of sp³-hybridized carbons (Fsp3) is 1.00. The maximum absolute atomic E-state index is 3.45. The van der Waals surface area contributed by atoms with Crippen LogP contribution in [-0.4, -0.2) is 61.2 Å². The van der Waals surface area contributed by atoms with Gasteiger partial charge in [-0.05, 0) is 39.2 Å². The van der Waals surface area contributed by atoms with Crippen molar-refractivity contribution < 1.29 is 0 Å². The van der Waals surface area contributed by atoms with Crippen molar-refractivity contribution in [3.8, 4) is 0 Å². The Bertz CT molecular complexity index is 254. The molecule has 0 aromatic heterocycles. The lowest BCUT2D eigenvalue weighted by atomic mass is 10.1. The van der Waals surface area contributed by atoms with Crippen LogP contribution in [0.25, 0.3) is 0 Å². The van der Waals surface area contributed by atoms with Gasteiger partial charge in [0.25, 0.3) is 0 Å². The molecule has 1 aliphatic heterocycles. The Labute approximate surface area is 112 Å². The van der Waals surface area contributed by atoms with E-state index in [-0.39, 0.29) is 0 Å². The van der Waals surface area contributed by atoms with E-state index in [9.17, 15) is 0 Å². The summed E-state index contributed by atoms with van der Waals surface area (Å²) >= 11 is 0. The summed E-state index contributed by atoms with van der Waals surface area (Å²) < 4.78 is 0. The van der Waals surface area contributed by atoms with Crippen molar-refractivity contribution in [1.29, 1.82) is 0 Å². The summed E-state index contributed by atoms with van der Waals surface area (Å²) in [5.74, 6) is 0. The standard InChI is InChI=1S/C15H29N3/c1-16-13-6-7-15(12-13)18-10-8-17(9-11-18)14-4-2-3-5-14/h13-16H,2-12H2,1H3/t13-,15+/m1/s1. The van der Waals surface area contributed by atoms with Crippen LogP contribution in [0.1, 0.15) is 44.9 Å². The Balaban J connectivity index is 1.45. The highest BCUT2D eigenvalue weighted by molar-refractivity contribution is 4.89. The molecule has 3 nitrogen and oxygen atoms in total. The molecule has 1 saturated heterocycles. The molecule has 3 heteroatoms. The summed E-state index contributed by atoms with van der Waals surface area (Å²) in [6.07, 6.45) is 10.0. The smallest absolute Gasteiger partial charge is 0.0113 e. The molecule has 0 aromatic carbocycles. The van der Waals surface area contributed by atoms with Crippen LogP contribution in [0.3, 0.4) is 0 Å². The van der Waals surface area contributed by atoms with Gasteiger partial charge in [0.2, 0.25) is 0 Å². The monoisotopic (exact) mass is 251 g/mol. The third-order valence-electron chi connectivity index (χ3n) is 5.52. The normalized spacial score (nSPS) is 36.5. The van der Waals surface area contributed by atoms with Gasteiger partial charge in [-0.2, -0.15) is 0 Å². The Hall–Kier alpha value is -0.120. The zero-order valence-electron chi connectivity index (χ0n) is 11.9. The molecule has 2 saturated carbocycles. The van der Waals surface area contributed by atoms with E-state index in [0.29, 0.717) is 0 Å². The number of hydrogen-bond donors (Lipinski definition) is 1. The molecule has 1 N–H and O–H groups in total. The van der Waals surface area contributed by atoms with Gasteiger partial charge in [0.15, 0.2) is 0 Å². The molecular weight excluding hydrogens is 222 g/mol.